The minimum absolute atomic E-state index is 0.578. The molecule has 1 rings (SSSR count). The number of amides is 1. The quantitative estimate of drug-likeness (QED) is 0.670. The van der Waals surface area contributed by atoms with E-state index in [-0.39, 0.29) is 0 Å². The fourth-order valence-electron chi connectivity index (χ4n) is 1.41. The number of carboxylic acid groups (broad SMARTS) is 1. The first-order valence-corrected chi connectivity index (χ1v) is 6.43. The van der Waals surface area contributed by atoms with E-state index in [4.69, 9.17) is 14.9 Å². The highest BCUT2D eigenvalue weighted by Crippen LogP contribution is 2.23. The Morgan fingerprint density at radius 3 is 2.75 bits per heavy atom. The molecule has 7 heteroatoms. The molecule has 0 spiro atoms. The third-order valence-electron chi connectivity index (χ3n) is 2.40. The van der Waals surface area contributed by atoms with Crippen LogP contribution in [0, 0.1) is 0 Å². The second-order valence-corrected chi connectivity index (χ2v) is 4.72. The molecule has 0 saturated carbocycles. The van der Waals surface area contributed by atoms with Crippen LogP contribution in [0.4, 0.5) is 0 Å². The summed E-state index contributed by atoms with van der Waals surface area (Å²) in [4.78, 5) is 22.2. The average Bonchev–Trinajstić information content (AvgIpc) is 2.42. The second kappa shape index (κ2) is 7.66. The van der Waals surface area contributed by atoms with E-state index in [2.05, 4.69) is 21.2 Å². The van der Waals surface area contributed by atoms with Crippen LogP contribution < -0.4 is 10.1 Å². The Kier molecular flexibility index (Phi) is 6.20. The van der Waals surface area contributed by atoms with Crippen LogP contribution in [0.1, 0.15) is 5.56 Å². The van der Waals surface area contributed by atoms with Crippen LogP contribution in [-0.4, -0.2) is 41.8 Å². The van der Waals surface area contributed by atoms with Gasteiger partial charge < -0.3 is 20.3 Å². The van der Waals surface area contributed by atoms with Gasteiger partial charge in [0.25, 0.3) is 0 Å². The number of rotatable bonds is 6. The molecule has 0 aliphatic heterocycles. The molecule has 0 radical (unpaired) electrons. The van der Waals surface area contributed by atoms with E-state index in [0.29, 0.717) is 11.3 Å². The monoisotopic (exact) mass is 343 g/mol. The predicted octanol–water partition coefficient (Wildman–Crippen LogP) is 1.03. The van der Waals surface area contributed by atoms with Gasteiger partial charge in [-0.2, -0.15) is 0 Å². The molecule has 0 aliphatic carbocycles. The van der Waals surface area contributed by atoms with Gasteiger partial charge in [0.2, 0.25) is 5.91 Å². The van der Waals surface area contributed by atoms with Crippen LogP contribution >= 0.6 is 15.9 Å². The first-order valence-electron chi connectivity index (χ1n) is 5.63. The van der Waals surface area contributed by atoms with Gasteiger partial charge in [-0.15, -0.1) is 0 Å². The first-order chi connectivity index (χ1) is 9.47. The molecule has 6 nitrogen and oxygen atoms in total. The molecule has 1 atom stereocenters. The second-order valence-electron chi connectivity index (χ2n) is 3.80. The number of halogens is 1. The summed E-state index contributed by atoms with van der Waals surface area (Å²) in [6.45, 7) is -0.672. The smallest absolute Gasteiger partial charge is 0.328 e. The van der Waals surface area contributed by atoms with Crippen molar-refractivity contribution in [1.29, 1.82) is 0 Å². The summed E-state index contributed by atoms with van der Waals surface area (Å²) in [6.07, 6.45) is 2.67. The molecule has 20 heavy (non-hydrogen) atoms. The maximum atomic E-state index is 11.5. The summed E-state index contributed by atoms with van der Waals surface area (Å²) < 4.78 is 5.95. The van der Waals surface area contributed by atoms with Gasteiger partial charge in [-0.1, -0.05) is 15.9 Å². The van der Waals surface area contributed by atoms with Crippen LogP contribution in [0.25, 0.3) is 6.08 Å². The standard InChI is InChI=1S/C13H14BrNO5/c1-20-11-4-3-9(14)6-8(11)2-5-12(17)15-10(7-16)13(18)19/h2-6,10,16H,7H2,1H3,(H,15,17)(H,18,19)/b5-2+/t10-/m1/s1. The summed E-state index contributed by atoms with van der Waals surface area (Å²) in [6, 6.07) is 3.96. The van der Waals surface area contributed by atoms with Crippen LogP contribution in [0.2, 0.25) is 0 Å². The zero-order valence-corrected chi connectivity index (χ0v) is 12.3. The van der Waals surface area contributed by atoms with E-state index in [0.717, 1.165) is 4.47 Å². The number of nitrogens with one attached hydrogen (secondary N) is 1. The molecule has 0 bridgehead atoms. The Morgan fingerprint density at radius 2 is 2.20 bits per heavy atom. The Labute approximate surface area is 124 Å². The molecule has 108 valence electrons. The number of aliphatic hydroxyl groups excluding tert-OH is 1. The van der Waals surface area contributed by atoms with Crippen molar-refractivity contribution in [3.8, 4) is 5.75 Å². The van der Waals surface area contributed by atoms with Crippen LogP contribution in [0.3, 0.4) is 0 Å². The lowest BCUT2D eigenvalue weighted by molar-refractivity contribution is -0.142. The van der Waals surface area contributed by atoms with Gasteiger partial charge in [-0.25, -0.2) is 4.79 Å². The third kappa shape index (κ3) is 4.67. The lowest BCUT2D eigenvalue weighted by Crippen LogP contribution is -2.42. The van der Waals surface area contributed by atoms with Gasteiger partial charge in [-0.05, 0) is 24.3 Å². The van der Waals surface area contributed by atoms with Crippen molar-refractivity contribution in [3.63, 3.8) is 0 Å². The van der Waals surface area contributed by atoms with Gasteiger partial charge in [0, 0.05) is 16.1 Å². The van der Waals surface area contributed by atoms with Crippen molar-refractivity contribution in [2.45, 2.75) is 6.04 Å². The third-order valence-corrected chi connectivity index (χ3v) is 2.90. The Bertz CT molecular complexity index is 529. The van der Waals surface area contributed by atoms with Crippen molar-refractivity contribution in [2.75, 3.05) is 13.7 Å². The highest BCUT2D eigenvalue weighted by atomic mass is 79.9. The number of carbonyl (C=O) groups is 2. The minimum Gasteiger partial charge on any atom is -0.496 e. The maximum Gasteiger partial charge on any atom is 0.328 e. The van der Waals surface area contributed by atoms with E-state index in [9.17, 15) is 9.59 Å². The molecule has 0 aromatic heterocycles. The van der Waals surface area contributed by atoms with Crippen molar-refractivity contribution >= 4 is 33.9 Å². The zero-order chi connectivity index (χ0) is 15.1. The molecular weight excluding hydrogens is 330 g/mol. The fourth-order valence-corrected chi connectivity index (χ4v) is 1.79. The van der Waals surface area contributed by atoms with E-state index in [1.165, 1.54) is 19.3 Å². The van der Waals surface area contributed by atoms with Crippen LogP contribution in [0.5, 0.6) is 5.75 Å². The summed E-state index contributed by atoms with van der Waals surface area (Å²) in [5, 5.41) is 19.7. The van der Waals surface area contributed by atoms with E-state index in [1.807, 2.05) is 0 Å². The number of carboxylic acids is 1. The SMILES string of the molecule is COc1ccc(Br)cc1/C=C/C(=O)N[C@H](CO)C(=O)O. The number of hydrogen-bond acceptors (Lipinski definition) is 4. The van der Waals surface area contributed by atoms with Crippen LogP contribution in [-0.2, 0) is 9.59 Å². The predicted molar refractivity (Wildman–Crippen MR) is 76.4 cm³/mol. The highest BCUT2D eigenvalue weighted by molar-refractivity contribution is 9.10. The minimum atomic E-state index is -1.32. The highest BCUT2D eigenvalue weighted by Gasteiger charge is 2.17. The molecule has 1 aromatic carbocycles. The summed E-state index contributed by atoms with van der Waals surface area (Å²) in [5.41, 5.74) is 0.660. The van der Waals surface area contributed by atoms with Crippen molar-refractivity contribution < 1.29 is 24.5 Å². The van der Waals surface area contributed by atoms with Crippen molar-refractivity contribution in [1.82, 2.24) is 5.32 Å². The molecular formula is C13H14BrNO5. The largest absolute Gasteiger partial charge is 0.496 e. The molecule has 0 fully saturated rings. The summed E-state index contributed by atoms with van der Waals surface area (Å²) in [5.74, 6) is -1.34. The number of methoxy groups -OCH3 is 1. The molecule has 0 heterocycles. The molecule has 0 aliphatic rings. The number of benzene rings is 1. The zero-order valence-electron chi connectivity index (χ0n) is 10.7. The number of carbonyl (C=O) groups excluding carboxylic acids is 1. The Hall–Kier alpha value is -1.86. The van der Waals surface area contributed by atoms with E-state index in [1.54, 1.807) is 18.2 Å². The van der Waals surface area contributed by atoms with Gasteiger partial charge in [0.15, 0.2) is 6.04 Å². The van der Waals surface area contributed by atoms with Gasteiger partial charge >= 0.3 is 5.97 Å². The van der Waals surface area contributed by atoms with Gasteiger partial charge in [0.05, 0.1) is 13.7 Å². The van der Waals surface area contributed by atoms with Crippen molar-refractivity contribution in [2.24, 2.45) is 0 Å². The number of ether oxygens (including phenoxy) is 1. The van der Waals surface area contributed by atoms with Crippen LogP contribution in [0.15, 0.2) is 28.7 Å². The number of aliphatic hydroxyl groups is 1. The summed E-state index contributed by atoms with van der Waals surface area (Å²) in [7, 11) is 1.51. The van der Waals surface area contributed by atoms with E-state index >= 15 is 0 Å². The normalized spacial score (nSPS) is 12.2. The van der Waals surface area contributed by atoms with Gasteiger partial charge in [0.1, 0.15) is 5.75 Å². The first kappa shape index (κ1) is 16.2. The molecule has 0 unspecified atom stereocenters. The summed E-state index contributed by atoms with van der Waals surface area (Å²) >= 11 is 3.30. The lowest BCUT2D eigenvalue weighted by atomic mass is 10.2. The number of hydrogen-bond donors (Lipinski definition) is 3. The number of aliphatic carboxylic acids is 1. The molecule has 0 saturated heterocycles. The topological polar surface area (TPSA) is 95.9 Å². The Morgan fingerprint density at radius 1 is 1.50 bits per heavy atom. The Balaban J connectivity index is 2.79. The van der Waals surface area contributed by atoms with Gasteiger partial charge in [-0.3, -0.25) is 4.79 Å². The molecule has 1 aromatic rings. The maximum absolute atomic E-state index is 11.5. The average molecular weight is 344 g/mol. The lowest BCUT2D eigenvalue weighted by Gasteiger charge is -2.09. The molecule has 1 amide bonds. The van der Waals surface area contributed by atoms with E-state index < -0.39 is 24.5 Å². The van der Waals surface area contributed by atoms with Crippen molar-refractivity contribution in [3.05, 3.63) is 34.3 Å². The fraction of sp³-hybridized carbons (Fsp3) is 0.231. The molecule has 3 N–H and O–H groups in total.